The molecule has 1 rings (SSSR count). The smallest absolute Gasteiger partial charge is 0.337 e. The lowest BCUT2D eigenvalue weighted by Crippen LogP contribution is -2.18. The Labute approximate surface area is 104 Å². The number of hydrogen-bond donors (Lipinski definition) is 0. The van der Waals surface area contributed by atoms with Gasteiger partial charge in [0.15, 0.2) is 6.10 Å². The Morgan fingerprint density at radius 2 is 1.94 bits per heavy atom. The molecule has 1 aromatic carbocycles. The maximum Gasteiger partial charge on any atom is 0.337 e. The van der Waals surface area contributed by atoms with Crippen LogP contribution in [0.15, 0.2) is 36.4 Å². The van der Waals surface area contributed by atoms with Crippen molar-refractivity contribution in [2.24, 2.45) is 0 Å². The molecule has 5 heteroatoms. The summed E-state index contributed by atoms with van der Waals surface area (Å²) in [7, 11) is 1.17. The third kappa shape index (κ3) is 3.16. The van der Waals surface area contributed by atoms with E-state index < -0.39 is 23.9 Å². The molecule has 1 unspecified atom stereocenters. The van der Waals surface area contributed by atoms with Crippen molar-refractivity contribution < 1.29 is 23.5 Å². The number of carbonyl (C=O) groups excluding carboxylic acids is 2. The van der Waals surface area contributed by atoms with Gasteiger partial charge in [-0.05, 0) is 6.07 Å². The highest BCUT2D eigenvalue weighted by Crippen LogP contribution is 2.27. The van der Waals surface area contributed by atoms with E-state index in [-0.39, 0.29) is 11.1 Å². The first-order valence-electron chi connectivity index (χ1n) is 5.16. The van der Waals surface area contributed by atoms with Crippen molar-refractivity contribution >= 4 is 11.9 Å². The predicted octanol–water partition coefficient (Wildman–Crippen LogP) is 2.16. The predicted molar refractivity (Wildman–Crippen MR) is 62.1 cm³/mol. The second-order valence-corrected chi connectivity index (χ2v) is 3.53. The van der Waals surface area contributed by atoms with Crippen LogP contribution in [0.1, 0.15) is 18.6 Å². The minimum Gasteiger partial charge on any atom is -0.466 e. The zero-order chi connectivity index (χ0) is 13.7. The molecule has 0 fully saturated rings. The van der Waals surface area contributed by atoms with E-state index in [4.69, 9.17) is 4.74 Å². The number of hydrogen-bond acceptors (Lipinski definition) is 4. The molecule has 1 aromatic rings. The Morgan fingerprint density at radius 1 is 1.33 bits per heavy atom. The van der Waals surface area contributed by atoms with Crippen LogP contribution >= 0.6 is 0 Å². The van der Waals surface area contributed by atoms with Gasteiger partial charge in [0.1, 0.15) is 5.82 Å². The number of rotatable bonds is 4. The van der Waals surface area contributed by atoms with Gasteiger partial charge in [0.2, 0.25) is 0 Å². The molecule has 0 aliphatic rings. The summed E-state index contributed by atoms with van der Waals surface area (Å²) >= 11 is 0. The van der Waals surface area contributed by atoms with E-state index in [1.807, 2.05) is 0 Å². The van der Waals surface area contributed by atoms with Gasteiger partial charge in [0, 0.05) is 12.5 Å². The van der Waals surface area contributed by atoms with Crippen LogP contribution in [-0.4, -0.2) is 19.0 Å². The van der Waals surface area contributed by atoms with Gasteiger partial charge in [-0.25, -0.2) is 9.18 Å². The normalized spacial score (nSPS) is 11.5. The first-order chi connectivity index (χ1) is 8.47. The Balaban J connectivity index is 3.14. The zero-order valence-corrected chi connectivity index (χ0v) is 10.1. The molecular weight excluding hydrogens is 239 g/mol. The van der Waals surface area contributed by atoms with Gasteiger partial charge in [-0.1, -0.05) is 24.8 Å². The van der Waals surface area contributed by atoms with Crippen molar-refractivity contribution in [3.05, 3.63) is 47.8 Å². The standard InChI is InChI=1S/C13H13FO4/c1-8(13(16)17-3)12(18-9(2)15)10-6-4-5-7-11(10)14/h4-7,12H,1H2,2-3H3. The van der Waals surface area contributed by atoms with E-state index in [2.05, 4.69) is 11.3 Å². The molecule has 0 radical (unpaired) electrons. The number of ether oxygens (including phenoxy) is 2. The minimum atomic E-state index is -1.18. The van der Waals surface area contributed by atoms with Gasteiger partial charge in [0.05, 0.1) is 12.7 Å². The van der Waals surface area contributed by atoms with Crippen molar-refractivity contribution in [2.75, 3.05) is 7.11 Å². The fourth-order valence-corrected chi connectivity index (χ4v) is 1.41. The van der Waals surface area contributed by atoms with Crippen molar-refractivity contribution in [1.82, 2.24) is 0 Å². The number of benzene rings is 1. The summed E-state index contributed by atoms with van der Waals surface area (Å²) in [5.74, 6) is -1.99. The molecule has 0 aliphatic carbocycles. The molecule has 0 spiro atoms. The van der Waals surface area contributed by atoms with Crippen LogP contribution < -0.4 is 0 Å². The highest BCUT2D eigenvalue weighted by atomic mass is 19.1. The summed E-state index contributed by atoms with van der Waals surface area (Å²) < 4.78 is 23.0. The fourth-order valence-electron chi connectivity index (χ4n) is 1.41. The van der Waals surface area contributed by atoms with Crippen LogP contribution in [0.25, 0.3) is 0 Å². The average Bonchev–Trinajstić information content (AvgIpc) is 2.35. The summed E-state index contributed by atoms with van der Waals surface area (Å²) in [6.45, 7) is 4.64. The van der Waals surface area contributed by atoms with Crippen LogP contribution in [0.4, 0.5) is 4.39 Å². The minimum absolute atomic E-state index is 0.0584. The molecule has 0 bridgehead atoms. The largest absolute Gasteiger partial charge is 0.466 e. The lowest BCUT2D eigenvalue weighted by Gasteiger charge is -2.18. The summed E-state index contributed by atoms with van der Waals surface area (Å²) in [6.07, 6.45) is -1.18. The molecule has 0 saturated heterocycles. The maximum atomic E-state index is 13.6. The number of carbonyl (C=O) groups is 2. The van der Waals surface area contributed by atoms with E-state index in [9.17, 15) is 14.0 Å². The van der Waals surface area contributed by atoms with E-state index in [0.29, 0.717) is 0 Å². The molecule has 4 nitrogen and oxygen atoms in total. The Morgan fingerprint density at radius 3 is 2.44 bits per heavy atom. The van der Waals surface area contributed by atoms with Gasteiger partial charge < -0.3 is 9.47 Å². The first-order valence-corrected chi connectivity index (χ1v) is 5.16. The third-order valence-electron chi connectivity index (χ3n) is 2.24. The van der Waals surface area contributed by atoms with Crippen molar-refractivity contribution in [3.63, 3.8) is 0 Å². The number of esters is 2. The Hall–Kier alpha value is -2.17. The van der Waals surface area contributed by atoms with Crippen molar-refractivity contribution in [3.8, 4) is 0 Å². The molecule has 0 heterocycles. The Bertz CT molecular complexity index is 482. The highest BCUT2D eigenvalue weighted by Gasteiger charge is 2.26. The molecule has 0 aliphatic heterocycles. The molecule has 96 valence electrons. The van der Waals surface area contributed by atoms with E-state index >= 15 is 0 Å². The molecule has 0 N–H and O–H groups in total. The summed E-state index contributed by atoms with van der Waals surface area (Å²) in [6, 6.07) is 5.68. The fraction of sp³-hybridized carbons (Fsp3) is 0.231. The summed E-state index contributed by atoms with van der Waals surface area (Å²) in [4.78, 5) is 22.4. The van der Waals surface area contributed by atoms with Crippen LogP contribution in [-0.2, 0) is 19.1 Å². The van der Waals surface area contributed by atoms with Gasteiger partial charge in [-0.2, -0.15) is 0 Å². The second-order valence-electron chi connectivity index (χ2n) is 3.53. The molecular formula is C13H13FO4. The van der Waals surface area contributed by atoms with Gasteiger partial charge in [0.25, 0.3) is 0 Å². The molecule has 1 atom stereocenters. The average molecular weight is 252 g/mol. The van der Waals surface area contributed by atoms with Crippen LogP contribution in [0.5, 0.6) is 0 Å². The molecule has 0 aromatic heterocycles. The van der Waals surface area contributed by atoms with Crippen LogP contribution in [0.2, 0.25) is 0 Å². The monoisotopic (exact) mass is 252 g/mol. The number of methoxy groups -OCH3 is 1. The van der Waals surface area contributed by atoms with Crippen LogP contribution in [0.3, 0.4) is 0 Å². The maximum absolute atomic E-state index is 13.6. The van der Waals surface area contributed by atoms with Crippen molar-refractivity contribution in [2.45, 2.75) is 13.0 Å². The summed E-state index contributed by atoms with van der Waals surface area (Å²) in [5.41, 5.74) is -0.0825. The highest BCUT2D eigenvalue weighted by molar-refractivity contribution is 5.89. The van der Waals surface area contributed by atoms with Gasteiger partial charge in [-0.15, -0.1) is 0 Å². The van der Waals surface area contributed by atoms with Crippen LogP contribution in [0, 0.1) is 5.82 Å². The summed E-state index contributed by atoms with van der Waals surface area (Å²) in [5, 5.41) is 0. The first kappa shape index (κ1) is 13.9. The lowest BCUT2D eigenvalue weighted by atomic mass is 10.0. The number of halogens is 1. The van der Waals surface area contributed by atoms with E-state index in [1.165, 1.54) is 32.2 Å². The quantitative estimate of drug-likeness (QED) is 0.608. The Kier molecular flexibility index (Phi) is 4.59. The topological polar surface area (TPSA) is 52.6 Å². The van der Waals surface area contributed by atoms with Gasteiger partial charge >= 0.3 is 11.9 Å². The second kappa shape index (κ2) is 5.95. The van der Waals surface area contributed by atoms with Crippen molar-refractivity contribution in [1.29, 1.82) is 0 Å². The lowest BCUT2D eigenvalue weighted by molar-refractivity contribution is -0.147. The molecule has 0 saturated carbocycles. The van der Waals surface area contributed by atoms with Gasteiger partial charge in [-0.3, -0.25) is 4.79 Å². The molecule has 18 heavy (non-hydrogen) atoms. The SMILES string of the molecule is C=C(C(=O)OC)C(OC(C)=O)c1ccccc1F. The molecule has 0 amide bonds. The van der Waals surface area contributed by atoms with E-state index in [0.717, 1.165) is 0 Å². The third-order valence-corrected chi connectivity index (χ3v) is 2.24. The zero-order valence-electron chi connectivity index (χ0n) is 10.1. The van der Waals surface area contributed by atoms with E-state index in [1.54, 1.807) is 6.07 Å².